The first kappa shape index (κ1) is 22.5. The summed E-state index contributed by atoms with van der Waals surface area (Å²) in [5.41, 5.74) is 1.59. The summed E-state index contributed by atoms with van der Waals surface area (Å²) in [6, 6.07) is 20.2. The molecule has 0 bridgehead atoms. The number of nitrogens with zero attached hydrogens (tertiary/aromatic N) is 2. The van der Waals surface area contributed by atoms with Crippen LogP contribution in [0.15, 0.2) is 83.5 Å². The van der Waals surface area contributed by atoms with Crippen LogP contribution in [0.4, 0.5) is 5.69 Å². The molecule has 1 heterocycles. The third-order valence-electron chi connectivity index (χ3n) is 4.79. The van der Waals surface area contributed by atoms with Crippen molar-refractivity contribution in [3.63, 3.8) is 0 Å². The summed E-state index contributed by atoms with van der Waals surface area (Å²) in [5, 5.41) is 10.7. The monoisotopic (exact) mass is 460 g/mol. The molecule has 0 radical (unpaired) electrons. The predicted molar refractivity (Wildman–Crippen MR) is 124 cm³/mol. The van der Waals surface area contributed by atoms with E-state index in [1.807, 2.05) is 30.3 Å². The number of nitro benzene ring substituents is 1. The van der Waals surface area contributed by atoms with Gasteiger partial charge < -0.3 is 18.9 Å². The van der Waals surface area contributed by atoms with Crippen molar-refractivity contribution in [1.82, 2.24) is 0 Å². The molecule has 0 atom stereocenters. The van der Waals surface area contributed by atoms with Gasteiger partial charge in [0.15, 0.2) is 17.2 Å². The molecule has 3 aromatic rings. The van der Waals surface area contributed by atoms with E-state index in [9.17, 15) is 14.9 Å². The van der Waals surface area contributed by atoms with Crippen LogP contribution in [-0.2, 0) is 9.53 Å². The number of carbonyl (C=O) groups is 1. The van der Waals surface area contributed by atoms with Gasteiger partial charge in [-0.2, -0.15) is 0 Å². The van der Waals surface area contributed by atoms with Crippen molar-refractivity contribution in [2.24, 2.45) is 4.99 Å². The molecule has 4 rings (SSSR count). The van der Waals surface area contributed by atoms with Gasteiger partial charge in [-0.25, -0.2) is 9.79 Å². The minimum atomic E-state index is -0.526. The molecule has 1 aliphatic heterocycles. The number of carbonyl (C=O) groups excluding carboxylic acids is 1. The number of rotatable bonds is 9. The maximum absolute atomic E-state index is 12.2. The Morgan fingerprint density at radius 1 is 0.971 bits per heavy atom. The lowest BCUT2D eigenvalue weighted by molar-refractivity contribution is -0.384. The molecule has 0 saturated heterocycles. The summed E-state index contributed by atoms with van der Waals surface area (Å²) in [7, 11) is 1.52. The average molecular weight is 460 g/mol. The molecule has 9 heteroatoms. The van der Waals surface area contributed by atoms with Crippen LogP contribution in [0.1, 0.15) is 11.1 Å². The van der Waals surface area contributed by atoms with Crippen LogP contribution in [0, 0.1) is 10.1 Å². The van der Waals surface area contributed by atoms with Crippen molar-refractivity contribution in [2.45, 2.75) is 0 Å². The Morgan fingerprint density at radius 3 is 2.41 bits per heavy atom. The number of ether oxygens (including phenoxy) is 4. The summed E-state index contributed by atoms with van der Waals surface area (Å²) >= 11 is 0. The summed E-state index contributed by atoms with van der Waals surface area (Å²) in [5.74, 6) is 1.21. The lowest BCUT2D eigenvalue weighted by Gasteiger charge is -2.12. The van der Waals surface area contributed by atoms with E-state index in [4.69, 9.17) is 18.9 Å². The quantitative estimate of drug-likeness (QED) is 0.153. The Morgan fingerprint density at radius 2 is 1.71 bits per heavy atom. The highest BCUT2D eigenvalue weighted by molar-refractivity contribution is 6.12. The highest BCUT2D eigenvalue weighted by Gasteiger charge is 2.24. The Hall–Kier alpha value is -4.66. The second-order valence-electron chi connectivity index (χ2n) is 7.06. The molecule has 0 aliphatic carbocycles. The predicted octanol–water partition coefficient (Wildman–Crippen LogP) is 4.41. The fourth-order valence-electron chi connectivity index (χ4n) is 3.14. The van der Waals surface area contributed by atoms with E-state index in [-0.39, 0.29) is 30.5 Å². The normalized spacial score (nSPS) is 13.9. The van der Waals surface area contributed by atoms with E-state index < -0.39 is 10.9 Å². The number of benzene rings is 3. The van der Waals surface area contributed by atoms with Gasteiger partial charge in [-0.05, 0) is 48.0 Å². The molecule has 9 nitrogen and oxygen atoms in total. The third kappa shape index (κ3) is 5.39. The Balaban J connectivity index is 1.38. The molecular formula is C25H20N2O7. The number of hydrogen-bond acceptors (Lipinski definition) is 8. The first-order valence-electron chi connectivity index (χ1n) is 10.3. The van der Waals surface area contributed by atoms with E-state index >= 15 is 0 Å². The maximum Gasteiger partial charge on any atom is 0.363 e. The minimum absolute atomic E-state index is 0.00348. The van der Waals surface area contributed by atoms with Gasteiger partial charge in [-0.15, -0.1) is 0 Å². The fourth-order valence-corrected chi connectivity index (χ4v) is 3.14. The number of non-ortho nitro benzene ring substituents is 1. The fraction of sp³-hybridized carbons (Fsp3) is 0.120. The van der Waals surface area contributed by atoms with E-state index in [1.54, 1.807) is 24.3 Å². The number of aliphatic imine (C=N–C) groups is 1. The molecule has 1 aliphatic rings. The van der Waals surface area contributed by atoms with Gasteiger partial charge >= 0.3 is 5.97 Å². The van der Waals surface area contributed by atoms with Gasteiger partial charge in [0.1, 0.15) is 19.0 Å². The summed E-state index contributed by atoms with van der Waals surface area (Å²) in [6.45, 7) is 0.459. The van der Waals surface area contributed by atoms with Crippen LogP contribution >= 0.6 is 0 Å². The van der Waals surface area contributed by atoms with E-state index in [2.05, 4.69) is 4.99 Å². The SMILES string of the molecule is COc1cc(/C=C2/N=C(c3ccccc3)OC2=O)ccc1OCCOc1ccc([N+](=O)[O-])cc1. The summed E-state index contributed by atoms with van der Waals surface area (Å²) in [6.07, 6.45) is 1.61. The topological polar surface area (TPSA) is 109 Å². The van der Waals surface area contributed by atoms with Crippen LogP contribution in [-0.4, -0.2) is 37.1 Å². The lowest BCUT2D eigenvalue weighted by Crippen LogP contribution is -2.09. The second kappa shape index (κ2) is 10.3. The highest BCUT2D eigenvalue weighted by Crippen LogP contribution is 2.30. The van der Waals surface area contributed by atoms with Crippen molar-refractivity contribution in [1.29, 1.82) is 0 Å². The number of methoxy groups -OCH3 is 1. The first-order chi connectivity index (χ1) is 16.5. The molecule has 34 heavy (non-hydrogen) atoms. The molecule has 0 N–H and O–H groups in total. The summed E-state index contributed by atoms with van der Waals surface area (Å²) < 4.78 is 22.0. The van der Waals surface area contributed by atoms with Crippen LogP contribution in [0.5, 0.6) is 17.2 Å². The van der Waals surface area contributed by atoms with Crippen molar-refractivity contribution in [2.75, 3.05) is 20.3 Å². The van der Waals surface area contributed by atoms with Gasteiger partial charge in [0.2, 0.25) is 5.90 Å². The first-order valence-corrected chi connectivity index (χ1v) is 10.3. The molecule has 0 amide bonds. The van der Waals surface area contributed by atoms with Crippen LogP contribution in [0.3, 0.4) is 0 Å². The molecule has 0 aromatic heterocycles. The van der Waals surface area contributed by atoms with Crippen LogP contribution in [0.2, 0.25) is 0 Å². The smallest absolute Gasteiger partial charge is 0.363 e. The van der Waals surface area contributed by atoms with Gasteiger partial charge in [0, 0.05) is 17.7 Å². The van der Waals surface area contributed by atoms with Crippen molar-refractivity contribution in [3.8, 4) is 17.2 Å². The molecular weight excluding hydrogens is 440 g/mol. The number of nitro groups is 1. The molecule has 0 unspecified atom stereocenters. The molecule has 3 aromatic carbocycles. The molecule has 0 saturated carbocycles. The van der Waals surface area contributed by atoms with E-state index in [1.165, 1.54) is 31.4 Å². The second-order valence-corrected chi connectivity index (χ2v) is 7.06. The Labute approximate surface area is 195 Å². The maximum atomic E-state index is 12.2. The van der Waals surface area contributed by atoms with Gasteiger partial charge in [0.25, 0.3) is 5.69 Å². The van der Waals surface area contributed by atoms with Crippen molar-refractivity contribution < 1.29 is 28.7 Å². The zero-order valence-electron chi connectivity index (χ0n) is 18.2. The minimum Gasteiger partial charge on any atom is -0.493 e. The van der Waals surface area contributed by atoms with Gasteiger partial charge in [-0.1, -0.05) is 24.3 Å². The Kier molecular flexibility index (Phi) is 6.83. The third-order valence-corrected chi connectivity index (χ3v) is 4.79. The van der Waals surface area contributed by atoms with Gasteiger partial charge in [-0.3, -0.25) is 10.1 Å². The van der Waals surface area contributed by atoms with Gasteiger partial charge in [0.05, 0.1) is 12.0 Å². The number of esters is 1. The largest absolute Gasteiger partial charge is 0.493 e. The summed E-state index contributed by atoms with van der Waals surface area (Å²) in [4.78, 5) is 26.7. The van der Waals surface area contributed by atoms with E-state index in [0.29, 0.717) is 22.8 Å². The standard InChI is InChI=1S/C25H20N2O7/c1-31-23-16-17(15-21-25(28)34-24(26-21)18-5-3-2-4-6-18)7-12-22(23)33-14-13-32-20-10-8-19(9-11-20)27(29)30/h2-12,15-16H,13-14H2,1H3/b21-15+. The molecule has 172 valence electrons. The van der Waals surface area contributed by atoms with Crippen molar-refractivity contribution in [3.05, 3.63) is 99.7 Å². The van der Waals surface area contributed by atoms with E-state index in [0.717, 1.165) is 5.56 Å². The zero-order chi connectivity index (χ0) is 23.9. The zero-order valence-corrected chi connectivity index (χ0v) is 18.2. The number of cyclic esters (lactones) is 1. The highest BCUT2D eigenvalue weighted by atomic mass is 16.6. The van der Waals surface area contributed by atoms with Crippen LogP contribution < -0.4 is 14.2 Å². The molecule has 0 spiro atoms. The van der Waals surface area contributed by atoms with Crippen molar-refractivity contribution >= 4 is 23.6 Å². The Bertz CT molecular complexity index is 1250. The van der Waals surface area contributed by atoms with Crippen LogP contribution in [0.25, 0.3) is 6.08 Å². The number of hydrogen-bond donors (Lipinski definition) is 0. The lowest BCUT2D eigenvalue weighted by atomic mass is 10.1. The molecule has 0 fully saturated rings. The average Bonchev–Trinajstić information content (AvgIpc) is 3.23.